The fourth-order valence-electron chi connectivity index (χ4n) is 3.08. The molecule has 1 aliphatic heterocycles. The van der Waals surface area contributed by atoms with Gasteiger partial charge in [0.2, 0.25) is 0 Å². The Kier molecular flexibility index (Phi) is 3.76. The molecule has 1 aliphatic carbocycles. The van der Waals surface area contributed by atoms with Gasteiger partial charge in [-0.1, -0.05) is 19.1 Å². The molecule has 2 aliphatic rings. The minimum absolute atomic E-state index is 0.281. The van der Waals surface area contributed by atoms with Crippen molar-refractivity contribution >= 4 is 0 Å². The van der Waals surface area contributed by atoms with Crippen molar-refractivity contribution < 1.29 is 4.74 Å². The molecule has 3 nitrogen and oxygen atoms in total. The van der Waals surface area contributed by atoms with Crippen molar-refractivity contribution in [2.75, 3.05) is 13.2 Å². The summed E-state index contributed by atoms with van der Waals surface area (Å²) in [5, 5.41) is 0. The zero-order chi connectivity index (χ0) is 13.2. The molecular formula is C16H24N2O. The number of likely N-dealkylation sites (tertiary alicyclic amines) is 1. The summed E-state index contributed by atoms with van der Waals surface area (Å²) in [5.74, 6) is 0.968. The topological polar surface area (TPSA) is 38.5 Å². The van der Waals surface area contributed by atoms with E-state index in [0.717, 1.165) is 37.8 Å². The summed E-state index contributed by atoms with van der Waals surface area (Å²) in [6.07, 6.45) is 4.86. The van der Waals surface area contributed by atoms with E-state index in [4.69, 9.17) is 10.5 Å². The lowest BCUT2D eigenvalue weighted by atomic mass is 10.0. The van der Waals surface area contributed by atoms with E-state index in [1.165, 1.54) is 18.4 Å². The maximum absolute atomic E-state index is 6.31. The van der Waals surface area contributed by atoms with Gasteiger partial charge in [0.25, 0.3) is 0 Å². The number of rotatable bonds is 5. The van der Waals surface area contributed by atoms with E-state index in [0.29, 0.717) is 6.04 Å². The smallest absolute Gasteiger partial charge is 0.119 e. The van der Waals surface area contributed by atoms with E-state index in [9.17, 15) is 0 Å². The second-order valence-electron chi connectivity index (χ2n) is 5.78. The van der Waals surface area contributed by atoms with Crippen LogP contribution in [0, 0.1) is 0 Å². The highest BCUT2D eigenvalue weighted by molar-refractivity contribution is 5.31. The van der Waals surface area contributed by atoms with Crippen molar-refractivity contribution in [3.63, 3.8) is 0 Å². The van der Waals surface area contributed by atoms with Crippen LogP contribution in [0.15, 0.2) is 24.3 Å². The van der Waals surface area contributed by atoms with Gasteiger partial charge in [0.1, 0.15) is 5.75 Å². The van der Waals surface area contributed by atoms with Crippen molar-refractivity contribution in [1.82, 2.24) is 4.90 Å². The van der Waals surface area contributed by atoms with Crippen LogP contribution in [0.2, 0.25) is 0 Å². The third kappa shape index (κ3) is 2.77. The molecule has 2 atom stereocenters. The largest absolute Gasteiger partial charge is 0.494 e. The van der Waals surface area contributed by atoms with Gasteiger partial charge >= 0.3 is 0 Å². The molecule has 0 aromatic heterocycles. The minimum Gasteiger partial charge on any atom is -0.494 e. The fourth-order valence-corrected chi connectivity index (χ4v) is 3.08. The van der Waals surface area contributed by atoms with Gasteiger partial charge in [-0.3, -0.25) is 4.90 Å². The molecule has 2 unspecified atom stereocenters. The molecule has 2 fully saturated rings. The van der Waals surface area contributed by atoms with E-state index in [1.807, 2.05) is 0 Å². The molecule has 0 bridgehead atoms. The van der Waals surface area contributed by atoms with Crippen molar-refractivity contribution in [3.05, 3.63) is 29.8 Å². The van der Waals surface area contributed by atoms with Crippen LogP contribution in [-0.4, -0.2) is 30.1 Å². The summed E-state index contributed by atoms with van der Waals surface area (Å²) in [7, 11) is 0. The molecule has 3 heteroatoms. The van der Waals surface area contributed by atoms with Crippen LogP contribution in [0.3, 0.4) is 0 Å². The van der Waals surface area contributed by atoms with Crippen LogP contribution in [0.4, 0.5) is 0 Å². The normalized spacial score (nSPS) is 27.7. The van der Waals surface area contributed by atoms with Crippen molar-refractivity contribution in [2.45, 2.75) is 50.7 Å². The molecule has 1 aromatic rings. The summed E-state index contributed by atoms with van der Waals surface area (Å²) < 4.78 is 5.64. The third-order valence-corrected chi connectivity index (χ3v) is 4.19. The minimum atomic E-state index is 0.281. The molecule has 0 radical (unpaired) electrons. The summed E-state index contributed by atoms with van der Waals surface area (Å²) in [5.41, 5.74) is 7.66. The Morgan fingerprint density at radius 3 is 2.58 bits per heavy atom. The van der Waals surface area contributed by atoms with Gasteiger partial charge in [-0.05, 0) is 43.4 Å². The lowest BCUT2D eigenvalue weighted by molar-refractivity contribution is 0.237. The van der Waals surface area contributed by atoms with Crippen molar-refractivity contribution in [3.8, 4) is 5.75 Å². The predicted octanol–water partition coefficient (Wildman–Crippen LogP) is 2.71. The third-order valence-electron chi connectivity index (χ3n) is 4.19. The first-order valence-corrected chi connectivity index (χ1v) is 7.53. The Morgan fingerprint density at radius 1 is 1.21 bits per heavy atom. The Balaban J connectivity index is 1.72. The molecule has 0 amide bonds. The van der Waals surface area contributed by atoms with Crippen LogP contribution in [0.1, 0.15) is 44.2 Å². The van der Waals surface area contributed by atoms with E-state index < -0.39 is 0 Å². The molecule has 0 spiro atoms. The van der Waals surface area contributed by atoms with E-state index in [-0.39, 0.29) is 6.04 Å². The zero-order valence-corrected chi connectivity index (χ0v) is 11.7. The average Bonchev–Trinajstić information content (AvgIpc) is 3.21. The van der Waals surface area contributed by atoms with Crippen molar-refractivity contribution in [2.24, 2.45) is 5.73 Å². The molecule has 19 heavy (non-hydrogen) atoms. The molecule has 3 rings (SSSR count). The maximum Gasteiger partial charge on any atom is 0.119 e. The Bertz CT molecular complexity index is 413. The van der Waals surface area contributed by atoms with Crippen LogP contribution in [0.25, 0.3) is 0 Å². The Morgan fingerprint density at radius 2 is 1.95 bits per heavy atom. The SMILES string of the molecule is CCCOc1ccc(C2C(N)CCN2C2CC2)cc1. The van der Waals surface area contributed by atoms with E-state index in [2.05, 4.69) is 36.1 Å². The highest BCUT2D eigenvalue weighted by Gasteiger charge is 2.41. The first-order chi connectivity index (χ1) is 9.29. The van der Waals surface area contributed by atoms with Crippen LogP contribution in [-0.2, 0) is 0 Å². The van der Waals surface area contributed by atoms with Gasteiger partial charge in [-0.25, -0.2) is 0 Å². The van der Waals surface area contributed by atoms with Gasteiger partial charge in [0.05, 0.1) is 12.6 Å². The predicted molar refractivity (Wildman–Crippen MR) is 77.3 cm³/mol. The average molecular weight is 260 g/mol. The van der Waals surface area contributed by atoms with E-state index in [1.54, 1.807) is 0 Å². The highest BCUT2D eigenvalue weighted by Crippen LogP contribution is 2.40. The molecule has 1 saturated heterocycles. The molecule has 1 heterocycles. The number of hydrogen-bond acceptors (Lipinski definition) is 3. The summed E-state index contributed by atoms with van der Waals surface area (Å²) in [6, 6.07) is 10.0. The van der Waals surface area contributed by atoms with Crippen LogP contribution >= 0.6 is 0 Å². The molecular weight excluding hydrogens is 236 g/mol. The number of ether oxygens (including phenoxy) is 1. The summed E-state index contributed by atoms with van der Waals surface area (Å²) >= 11 is 0. The first-order valence-electron chi connectivity index (χ1n) is 7.53. The quantitative estimate of drug-likeness (QED) is 0.884. The highest BCUT2D eigenvalue weighted by atomic mass is 16.5. The molecule has 1 saturated carbocycles. The van der Waals surface area contributed by atoms with E-state index >= 15 is 0 Å². The van der Waals surface area contributed by atoms with Gasteiger partial charge in [-0.2, -0.15) is 0 Å². The number of nitrogens with two attached hydrogens (primary N) is 1. The molecule has 2 N–H and O–H groups in total. The maximum atomic E-state index is 6.31. The lowest BCUT2D eigenvalue weighted by Gasteiger charge is -2.27. The number of nitrogens with zero attached hydrogens (tertiary/aromatic N) is 1. The standard InChI is InChI=1S/C16H24N2O/c1-2-11-19-14-7-3-12(4-8-14)16-15(17)9-10-18(16)13-5-6-13/h3-4,7-8,13,15-16H,2,5-6,9-11,17H2,1H3. The lowest BCUT2D eigenvalue weighted by Crippen LogP contribution is -2.33. The summed E-state index contributed by atoms with van der Waals surface area (Å²) in [6.45, 7) is 4.07. The number of benzene rings is 1. The molecule has 104 valence electrons. The van der Waals surface area contributed by atoms with Crippen LogP contribution in [0.5, 0.6) is 5.75 Å². The Hall–Kier alpha value is -1.06. The Labute approximate surface area is 115 Å². The van der Waals surface area contributed by atoms with Gasteiger partial charge < -0.3 is 10.5 Å². The fraction of sp³-hybridized carbons (Fsp3) is 0.625. The van der Waals surface area contributed by atoms with Crippen LogP contribution < -0.4 is 10.5 Å². The van der Waals surface area contributed by atoms with Crippen molar-refractivity contribution in [1.29, 1.82) is 0 Å². The van der Waals surface area contributed by atoms with Gasteiger partial charge in [0.15, 0.2) is 0 Å². The van der Waals surface area contributed by atoms with Gasteiger partial charge in [0, 0.05) is 18.6 Å². The second-order valence-corrected chi connectivity index (χ2v) is 5.78. The first kappa shape index (κ1) is 12.9. The monoisotopic (exact) mass is 260 g/mol. The number of hydrogen-bond donors (Lipinski definition) is 1. The molecule has 1 aromatic carbocycles. The second kappa shape index (κ2) is 5.51. The zero-order valence-electron chi connectivity index (χ0n) is 11.7. The summed E-state index contributed by atoms with van der Waals surface area (Å²) in [4.78, 5) is 2.60. The van der Waals surface area contributed by atoms with Gasteiger partial charge in [-0.15, -0.1) is 0 Å².